The van der Waals surface area contributed by atoms with E-state index in [1.807, 2.05) is 18.3 Å². The number of aromatic nitrogens is 3. The van der Waals surface area contributed by atoms with Gasteiger partial charge in [-0.05, 0) is 38.1 Å². The number of imidazole rings is 1. The molecule has 0 saturated heterocycles. The molecule has 0 atom stereocenters. The van der Waals surface area contributed by atoms with Crippen molar-refractivity contribution in [3.05, 3.63) is 53.9 Å². The summed E-state index contributed by atoms with van der Waals surface area (Å²) in [7, 11) is 0. The first-order valence-electron chi connectivity index (χ1n) is 6.47. The van der Waals surface area contributed by atoms with Crippen LogP contribution in [-0.4, -0.2) is 15.0 Å². The lowest BCUT2D eigenvalue weighted by Gasteiger charge is -2.02. The highest BCUT2D eigenvalue weighted by Gasteiger charge is 2.06. The normalized spacial score (nSPS) is 10.7. The van der Waals surface area contributed by atoms with Gasteiger partial charge in [0.05, 0.1) is 11.9 Å². The summed E-state index contributed by atoms with van der Waals surface area (Å²) >= 11 is 0. The second kappa shape index (κ2) is 4.81. The molecular weight excluding hydrogens is 248 g/mol. The Labute approximate surface area is 117 Å². The van der Waals surface area contributed by atoms with E-state index < -0.39 is 0 Å². The Morgan fingerprint density at radius 2 is 1.70 bits per heavy atom. The van der Waals surface area contributed by atoms with Crippen LogP contribution < -0.4 is 5.73 Å². The maximum Gasteiger partial charge on any atom is 0.137 e. The van der Waals surface area contributed by atoms with E-state index in [4.69, 9.17) is 5.73 Å². The Morgan fingerprint density at radius 1 is 0.950 bits per heavy atom. The van der Waals surface area contributed by atoms with Crippen LogP contribution in [-0.2, 0) is 0 Å². The van der Waals surface area contributed by atoms with Gasteiger partial charge in [-0.3, -0.25) is 0 Å². The van der Waals surface area contributed by atoms with Gasteiger partial charge in [-0.1, -0.05) is 17.2 Å². The van der Waals surface area contributed by atoms with Gasteiger partial charge in [0.15, 0.2) is 0 Å². The second-order valence-electron chi connectivity index (χ2n) is 4.99. The average molecular weight is 264 g/mol. The lowest BCUT2D eigenvalue weighted by Crippen LogP contribution is -1.90. The summed E-state index contributed by atoms with van der Waals surface area (Å²) in [6.45, 7) is 4.19. The van der Waals surface area contributed by atoms with Crippen molar-refractivity contribution in [3.63, 3.8) is 0 Å². The minimum Gasteiger partial charge on any atom is -0.384 e. The highest BCUT2D eigenvalue weighted by molar-refractivity contribution is 5.66. The van der Waals surface area contributed by atoms with Gasteiger partial charge in [0.25, 0.3) is 0 Å². The monoisotopic (exact) mass is 264 g/mol. The second-order valence-corrected chi connectivity index (χ2v) is 4.99. The summed E-state index contributed by atoms with van der Waals surface area (Å²) in [6, 6.07) is 10.1. The lowest BCUT2D eigenvalue weighted by atomic mass is 10.1. The van der Waals surface area contributed by atoms with Gasteiger partial charge in [0.1, 0.15) is 11.6 Å². The molecule has 3 N–H and O–H groups in total. The Balaban J connectivity index is 2.02. The van der Waals surface area contributed by atoms with E-state index in [1.165, 1.54) is 11.1 Å². The van der Waals surface area contributed by atoms with E-state index in [1.54, 1.807) is 6.20 Å². The van der Waals surface area contributed by atoms with Crippen molar-refractivity contribution in [2.24, 2.45) is 0 Å². The van der Waals surface area contributed by atoms with Crippen molar-refractivity contribution in [2.75, 3.05) is 5.73 Å². The first-order chi connectivity index (χ1) is 9.61. The molecule has 0 spiro atoms. The van der Waals surface area contributed by atoms with E-state index >= 15 is 0 Å². The van der Waals surface area contributed by atoms with Gasteiger partial charge in [-0.25, -0.2) is 9.97 Å². The summed E-state index contributed by atoms with van der Waals surface area (Å²) in [5.41, 5.74) is 11.3. The number of hydrogen-bond acceptors (Lipinski definition) is 3. The van der Waals surface area contributed by atoms with E-state index in [2.05, 4.69) is 47.0 Å². The van der Waals surface area contributed by atoms with Crippen molar-refractivity contribution >= 4 is 5.82 Å². The number of aromatic amines is 1. The molecule has 4 heteroatoms. The molecule has 0 saturated carbocycles. The molecule has 1 aromatic carbocycles. The molecule has 100 valence electrons. The van der Waals surface area contributed by atoms with Crippen LogP contribution >= 0.6 is 0 Å². The van der Waals surface area contributed by atoms with Crippen LogP contribution in [0.5, 0.6) is 0 Å². The van der Waals surface area contributed by atoms with Crippen LogP contribution in [0, 0.1) is 13.8 Å². The maximum absolute atomic E-state index is 5.70. The third-order valence-corrected chi connectivity index (χ3v) is 3.16. The number of aryl methyl sites for hydroxylation is 2. The predicted molar refractivity (Wildman–Crippen MR) is 81.1 cm³/mol. The summed E-state index contributed by atoms with van der Waals surface area (Å²) < 4.78 is 0. The van der Waals surface area contributed by atoms with Crippen LogP contribution in [0.2, 0.25) is 0 Å². The van der Waals surface area contributed by atoms with Crippen molar-refractivity contribution in [1.82, 2.24) is 15.0 Å². The van der Waals surface area contributed by atoms with Crippen molar-refractivity contribution < 1.29 is 0 Å². The van der Waals surface area contributed by atoms with E-state index in [0.717, 1.165) is 22.6 Å². The Bertz CT molecular complexity index is 738. The topological polar surface area (TPSA) is 67.6 Å². The molecule has 20 heavy (non-hydrogen) atoms. The number of nitrogens with two attached hydrogens (primary N) is 1. The number of nitrogens with zero attached hydrogens (tertiary/aromatic N) is 2. The highest BCUT2D eigenvalue weighted by Crippen LogP contribution is 2.24. The van der Waals surface area contributed by atoms with E-state index in [-0.39, 0.29) is 0 Å². The van der Waals surface area contributed by atoms with Crippen LogP contribution in [0.1, 0.15) is 11.1 Å². The Morgan fingerprint density at radius 3 is 2.40 bits per heavy atom. The van der Waals surface area contributed by atoms with Gasteiger partial charge in [0.2, 0.25) is 0 Å². The fraction of sp³-hybridized carbons (Fsp3) is 0.125. The SMILES string of the molecule is Cc1cc(C)cc(-c2cnc(-c3ccnc(N)c3)[nH]2)c1. The fourth-order valence-corrected chi connectivity index (χ4v) is 2.34. The molecule has 3 rings (SSSR count). The van der Waals surface area contributed by atoms with Crippen molar-refractivity contribution in [2.45, 2.75) is 13.8 Å². The van der Waals surface area contributed by atoms with E-state index in [0.29, 0.717) is 5.82 Å². The van der Waals surface area contributed by atoms with E-state index in [9.17, 15) is 0 Å². The standard InChI is InChI=1S/C16H16N4/c1-10-5-11(2)7-13(6-10)14-9-19-16(20-14)12-3-4-18-15(17)8-12/h3-9H,1-2H3,(H2,17,18)(H,19,20). The zero-order valence-corrected chi connectivity index (χ0v) is 11.5. The third-order valence-electron chi connectivity index (χ3n) is 3.16. The van der Waals surface area contributed by atoms with Crippen LogP contribution in [0.3, 0.4) is 0 Å². The molecule has 0 bridgehead atoms. The number of nitrogen functional groups attached to an aromatic ring is 1. The number of rotatable bonds is 2. The molecule has 0 aliphatic rings. The molecule has 0 amide bonds. The Kier molecular flexibility index (Phi) is 2.99. The molecule has 2 heterocycles. The summed E-state index contributed by atoms with van der Waals surface area (Å²) in [5.74, 6) is 1.29. The number of anilines is 1. The zero-order chi connectivity index (χ0) is 14.1. The minimum atomic E-state index is 0.492. The molecule has 2 aromatic heterocycles. The van der Waals surface area contributed by atoms with Gasteiger partial charge < -0.3 is 10.7 Å². The van der Waals surface area contributed by atoms with Crippen LogP contribution in [0.15, 0.2) is 42.7 Å². The Hall–Kier alpha value is -2.62. The number of H-pyrrole nitrogens is 1. The fourth-order valence-electron chi connectivity index (χ4n) is 2.34. The molecule has 0 unspecified atom stereocenters. The number of benzene rings is 1. The van der Waals surface area contributed by atoms with Gasteiger partial charge in [0, 0.05) is 17.3 Å². The van der Waals surface area contributed by atoms with Crippen LogP contribution in [0.4, 0.5) is 5.82 Å². The molecule has 0 aliphatic heterocycles. The van der Waals surface area contributed by atoms with Crippen LogP contribution in [0.25, 0.3) is 22.6 Å². The number of hydrogen-bond donors (Lipinski definition) is 2. The summed E-state index contributed by atoms with van der Waals surface area (Å²) in [6.07, 6.45) is 3.53. The molecular formula is C16H16N4. The van der Waals surface area contributed by atoms with Gasteiger partial charge >= 0.3 is 0 Å². The minimum absolute atomic E-state index is 0.492. The lowest BCUT2D eigenvalue weighted by molar-refractivity contribution is 1.27. The first kappa shape index (κ1) is 12.4. The van der Waals surface area contributed by atoms with Gasteiger partial charge in [-0.2, -0.15) is 0 Å². The first-order valence-corrected chi connectivity index (χ1v) is 6.47. The molecule has 0 radical (unpaired) electrons. The zero-order valence-electron chi connectivity index (χ0n) is 11.5. The summed E-state index contributed by atoms with van der Waals surface area (Å²) in [5, 5.41) is 0. The molecule has 0 aliphatic carbocycles. The van der Waals surface area contributed by atoms with Gasteiger partial charge in [-0.15, -0.1) is 0 Å². The predicted octanol–water partition coefficient (Wildman–Crippen LogP) is 3.34. The third kappa shape index (κ3) is 2.40. The maximum atomic E-state index is 5.70. The van der Waals surface area contributed by atoms with Crippen molar-refractivity contribution in [3.8, 4) is 22.6 Å². The highest BCUT2D eigenvalue weighted by atomic mass is 14.9. The molecule has 3 aromatic rings. The molecule has 0 fully saturated rings. The number of pyridine rings is 1. The summed E-state index contributed by atoms with van der Waals surface area (Å²) in [4.78, 5) is 11.7. The van der Waals surface area contributed by atoms with Crippen molar-refractivity contribution in [1.29, 1.82) is 0 Å². The molecule has 4 nitrogen and oxygen atoms in total. The average Bonchev–Trinajstić information content (AvgIpc) is 2.87. The smallest absolute Gasteiger partial charge is 0.137 e. The quantitative estimate of drug-likeness (QED) is 0.746. The largest absolute Gasteiger partial charge is 0.384 e. The number of nitrogens with one attached hydrogen (secondary N) is 1.